The van der Waals surface area contributed by atoms with E-state index in [1.807, 2.05) is 0 Å². The van der Waals surface area contributed by atoms with Crippen LogP contribution in [0.25, 0.3) is 5.69 Å². The van der Waals surface area contributed by atoms with Gasteiger partial charge in [0.15, 0.2) is 0 Å². The first kappa shape index (κ1) is 33.1. The zero-order chi connectivity index (χ0) is 30.1. The molecule has 1 aromatic carbocycles. The number of aromatic nitrogens is 3. The van der Waals surface area contributed by atoms with Gasteiger partial charge < -0.3 is 31.3 Å². The van der Waals surface area contributed by atoms with Gasteiger partial charge in [-0.25, -0.2) is 9.48 Å². The fourth-order valence-electron chi connectivity index (χ4n) is 2.98. The second-order valence-corrected chi connectivity index (χ2v) is 8.19. The molecule has 1 heterocycles. The van der Waals surface area contributed by atoms with E-state index in [0.29, 0.717) is 29.8 Å². The van der Waals surface area contributed by atoms with Crippen molar-refractivity contribution in [1.82, 2.24) is 30.9 Å². The molecule has 0 radical (unpaired) electrons. The highest BCUT2D eigenvalue weighted by atomic mass is 19.1. The molecule has 40 heavy (non-hydrogen) atoms. The van der Waals surface area contributed by atoms with Gasteiger partial charge in [-0.1, -0.05) is 5.21 Å². The molecule has 0 aliphatic carbocycles. The number of carboxylic acids is 3. The predicted octanol–water partition coefficient (Wildman–Crippen LogP) is -0.0694. The van der Waals surface area contributed by atoms with Crippen LogP contribution in [0, 0.1) is 0 Å². The number of halogens is 1. The van der Waals surface area contributed by atoms with Crippen molar-refractivity contribution < 1.29 is 48.5 Å². The number of amides is 3. The van der Waals surface area contributed by atoms with Gasteiger partial charge in [0.2, 0.25) is 11.8 Å². The minimum absolute atomic E-state index is 0.0162. The first-order valence-electron chi connectivity index (χ1n) is 12.0. The molecule has 0 saturated heterocycles. The number of aliphatic carboxylic acids is 3. The summed E-state index contributed by atoms with van der Waals surface area (Å²) in [7, 11) is 0. The third kappa shape index (κ3) is 13.6. The van der Waals surface area contributed by atoms with E-state index in [-0.39, 0.29) is 31.7 Å². The Kier molecular flexibility index (Phi) is 14.6. The highest BCUT2D eigenvalue weighted by Gasteiger charge is 2.19. The number of hydrogen-bond acceptors (Lipinski definition) is 8. The van der Waals surface area contributed by atoms with Gasteiger partial charge in [0.25, 0.3) is 5.91 Å². The highest BCUT2D eigenvalue weighted by Crippen LogP contribution is 2.10. The van der Waals surface area contributed by atoms with E-state index in [1.54, 1.807) is 35.1 Å². The predicted molar refractivity (Wildman–Crippen MR) is 135 cm³/mol. The van der Waals surface area contributed by atoms with Crippen LogP contribution in [0.4, 0.5) is 4.39 Å². The summed E-state index contributed by atoms with van der Waals surface area (Å²) in [6.07, 6.45) is 2.21. The fraction of sp³-hybridized carbons (Fsp3) is 0.417. The maximum absolute atomic E-state index is 12.2. The number of aryl methyl sites for hydroxylation is 1. The Hall–Kier alpha value is -4.89. The van der Waals surface area contributed by atoms with Gasteiger partial charge >= 0.3 is 17.9 Å². The lowest BCUT2D eigenvalue weighted by Gasteiger charge is -2.10. The summed E-state index contributed by atoms with van der Waals surface area (Å²) >= 11 is 0. The van der Waals surface area contributed by atoms with Gasteiger partial charge in [-0.15, -0.1) is 5.10 Å². The number of hydrogen-bond donors (Lipinski definition) is 6. The molecule has 218 valence electrons. The van der Waals surface area contributed by atoms with E-state index in [4.69, 9.17) is 15.3 Å². The molecule has 2 aromatic rings. The number of nitrogens with one attached hydrogen (secondary N) is 3. The lowest BCUT2D eigenvalue weighted by Crippen LogP contribution is -2.39. The molecule has 0 aliphatic rings. The first-order chi connectivity index (χ1) is 18.9. The van der Waals surface area contributed by atoms with E-state index in [1.165, 1.54) is 6.92 Å². The SMILES string of the molecule is CC(=O)NC(CCC(=O)O)C(=O)O.O=C(O)CNC(=O)CCNC(=O)c1ccc(-n2cc(CCCF)nn2)cc1. The monoisotopic (exact) mass is 566 g/mol. The standard InChI is InChI=1S/C17H20FN5O4.C7H11NO5/c18-8-1-2-13-11-23(22-21-13)14-5-3-12(4-6-14)17(27)19-9-7-15(24)20-10-16(25)26;1-4(9)8-5(7(12)13)2-3-6(10)11/h3-6,11H,1-2,7-10H2,(H,19,27)(H,20,24)(H,25,26);5H,2-3H2,1H3,(H,8,9)(H,10,11)(H,12,13). The third-order valence-electron chi connectivity index (χ3n) is 4.90. The summed E-state index contributed by atoms with van der Waals surface area (Å²) in [6, 6.07) is 5.49. The fourth-order valence-corrected chi connectivity index (χ4v) is 2.98. The molecule has 1 unspecified atom stereocenters. The van der Waals surface area contributed by atoms with Crippen LogP contribution in [0.15, 0.2) is 30.5 Å². The van der Waals surface area contributed by atoms with Crippen LogP contribution in [0.3, 0.4) is 0 Å². The Bertz CT molecular complexity index is 1170. The van der Waals surface area contributed by atoms with Crippen molar-refractivity contribution in [2.45, 2.75) is 45.1 Å². The smallest absolute Gasteiger partial charge is 0.326 e. The molecule has 2 rings (SSSR count). The van der Waals surface area contributed by atoms with Crippen molar-refractivity contribution in [1.29, 1.82) is 0 Å². The average molecular weight is 567 g/mol. The highest BCUT2D eigenvalue weighted by molar-refractivity contribution is 5.94. The first-order valence-corrected chi connectivity index (χ1v) is 12.0. The van der Waals surface area contributed by atoms with Crippen LogP contribution in [0.2, 0.25) is 0 Å². The Morgan fingerprint density at radius 1 is 0.975 bits per heavy atom. The molecule has 0 fully saturated rings. The zero-order valence-corrected chi connectivity index (χ0v) is 21.6. The molecule has 0 saturated carbocycles. The Morgan fingerprint density at radius 3 is 2.20 bits per heavy atom. The largest absolute Gasteiger partial charge is 0.481 e. The van der Waals surface area contributed by atoms with Crippen molar-refractivity contribution in [2.24, 2.45) is 0 Å². The summed E-state index contributed by atoms with van der Waals surface area (Å²) in [5, 5.41) is 40.1. The molecular formula is C24H31FN6O9. The minimum Gasteiger partial charge on any atom is -0.481 e. The van der Waals surface area contributed by atoms with Crippen LogP contribution in [0.1, 0.15) is 48.7 Å². The van der Waals surface area contributed by atoms with Gasteiger partial charge in [0, 0.05) is 31.9 Å². The van der Waals surface area contributed by atoms with Gasteiger partial charge in [-0.2, -0.15) is 0 Å². The van der Waals surface area contributed by atoms with E-state index >= 15 is 0 Å². The maximum Gasteiger partial charge on any atom is 0.326 e. The van der Waals surface area contributed by atoms with E-state index in [0.717, 1.165) is 0 Å². The number of nitrogens with zero attached hydrogens (tertiary/aromatic N) is 3. The van der Waals surface area contributed by atoms with Gasteiger partial charge in [0.1, 0.15) is 12.6 Å². The lowest BCUT2D eigenvalue weighted by atomic mass is 10.1. The van der Waals surface area contributed by atoms with E-state index in [9.17, 15) is 33.2 Å². The molecule has 16 heteroatoms. The topological polar surface area (TPSA) is 230 Å². The van der Waals surface area contributed by atoms with Crippen molar-refractivity contribution in [3.8, 4) is 5.69 Å². The Morgan fingerprint density at radius 2 is 1.65 bits per heavy atom. The average Bonchev–Trinajstić information content (AvgIpc) is 3.37. The summed E-state index contributed by atoms with van der Waals surface area (Å²) in [4.78, 5) is 64.8. The van der Waals surface area contributed by atoms with Gasteiger partial charge in [-0.05, 0) is 43.5 Å². The van der Waals surface area contributed by atoms with Crippen LogP contribution >= 0.6 is 0 Å². The van der Waals surface area contributed by atoms with Crippen LogP contribution < -0.4 is 16.0 Å². The molecule has 6 N–H and O–H groups in total. The number of alkyl halides is 1. The van der Waals surface area contributed by atoms with Crippen molar-refractivity contribution in [2.75, 3.05) is 19.8 Å². The van der Waals surface area contributed by atoms with Gasteiger partial charge in [-0.3, -0.25) is 28.4 Å². The molecular weight excluding hydrogens is 535 g/mol. The number of carbonyl (C=O) groups excluding carboxylic acids is 3. The number of carbonyl (C=O) groups is 6. The number of benzene rings is 1. The Labute approximate surface area is 227 Å². The number of carboxylic acid groups (broad SMARTS) is 3. The molecule has 1 atom stereocenters. The molecule has 0 bridgehead atoms. The second kappa shape index (κ2) is 17.6. The maximum atomic E-state index is 12.2. The minimum atomic E-state index is -1.23. The molecule has 0 aliphatic heterocycles. The molecule has 1 aromatic heterocycles. The quantitative estimate of drug-likeness (QED) is 0.167. The summed E-state index contributed by atoms with van der Waals surface area (Å²) < 4.78 is 13.7. The van der Waals surface area contributed by atoms with E-state index < -0.39 is 49.0 Å². The number of rotatable bonds is 15. The van der Waals surface area contributed by atoms with Crippen LogP contribution in [-0.2, 0) is 30.4 Å². The Balaban J connectivity index is 0.000000520. The van der Waals surface area contributed by atoms with E-state index in [2.05, 4.69) is 26.3 Å². The summed E-state index contributed by atoms with van der Waals surface area (Å²) in [6.45, 7) is 0.410. The molecule has 15 nitrogen and oxygen atoms in total. The lowest BCUT2D eigenvalue weighted by molar-refractivity contribution is -0.142. The molecule has 0 spiro atoms. The summed E-state index contributed by atoms with van der Waals surface area (Å²) in [5.41, 5.74) is 1.80. The second-order valence-electron chi connectivity index (χ2n) is 8.19. The van der Waals surface area contributed by atoms with Crippen molar-refractivity contribution in [3.63, 3.8) is 0 Å². The van der Waals surface area contributed by atoms with Crippen molar-refractivity contribution >= 4 is 35.6 Å². The zero-order valence-electron chi connectivity index (χ0n) is 21.6. The molecule has 3 amide bonds. The third-order valence-corrected chi connectivity index (χ3v) is 4.90. The van der Waals surface area contributed by atoms with Crippen LogP contribution in [0.5, 0.6) is 0 Å². The summed E-state index contributed by atoms with van der Waals surface area (Å²) in [5.74, 6) is -4.74. The van der Waals surface area contributed by atoms with Crippen LogP contribution in [-0.4, -0.2) is 91.7 Å². The van der Waals surface area contributed by atoms with Gasteiger partial charge in [0.05, 0.1) is 24.3 Å². The van der Waals surface area contributed by atoms with Crippen molar-refractivity contribution in [3.05, 3.63) is 41.7 Å². The normalized spacial score (nSPS) is 10.8.